The number of methoxy groups -OCH3 is 2. The van der Waals surface area contributed by atoms with Crippen LogP contribution in [-0.2, 0) is 53.7 Å². The number of carbonyl (C=O) groups is 2. The molecule has 4 aromatic carbocycles. The van der Waals surface area contributed by atoms with Crippen LogP contribution in [0.25, 0.3) is 0 Å². The summed E-state index contributed by atoms with van der Waals surface area (Å²) in [7, 11) is -5.51. The topological polar surface area (TPSA) is 136 Å². The highest BCUT2D eigenvalue weighted by molar-refractivity contribution is 9.08. The van der Waals surface area contributed by atoms with Gasteiger partial charge in [0, 0.05) is 10.9 Å². The van der Waals surface area contributed by atoms with Gasteiger partial charge in [0.1, 0.15) is 11.6 Å². The van der Waals surface area contributed by atoms with Gasteiger partial charge in [-0.2, -0.15) is 26.3 Å². The van der Waals surface area contributed by atoms with Gasteiger partial charge in [-0.1, -0.05) is 52.3 Å². The van der Waals surface area contributed by atoms with Crippen LogP contribution in [0.4, 0.5) is 46.5 Å². The molecule has 0 aliphatic carbocycles. The van der Waals surface area contributed by atoms with Crippen LogP contribution in [0, 0.1) is 11.6 Å². The SMILES string of the molecule is COC(=O)c1ccc(CBr)c(F)c1.COC(=O)c1ccc(CN(c2ccccc2C(F)(F)F)S(C)(=O)=O)c(F)c1.CS(=O)(=O)Nc1ccccc1C(F)(F)F. The van der Waals surface area contributed by atoms with Gasteiger partial charge >= 0.3 is 24.3 Å². The van der Waals surface area contributed by atoms with Crippen molar-refractivity contribution in [2.24, 2.45) is 0 Å². The number of para-hydroxylation sites is 2. The molecule has 0 aromatic heterocycles. The second-order valence-corrected chi connectivity index (χ2v) is 15.1. The number of hydrogen-bond acceptors (Lipinski definition) is 8. The Bertz CT molecular complexity index is 2200. The van der Waals surface area contributed by atoms with Crippen molar-refractivity contribution in [2.45, 2.75) is 24.2 Å². The summed E-state index contributed by atoms with van der Waals surface area (Å²) >= 11 is 3.13. The molecule has 0 spiro atoms. The van der Waals surface area contributed by atoms with Gasteiger partial charge in [0.2, 0.25) is 20.0 Å². The molecule has 0 heterocycles. The average molecular weight is 892 g/mol. The lowest BCUT2D eigenvalue weighted by molar-refractivity contribution is -0.137. The maximum atomic E-state index is 14.3. The minimum absolute atomic E-state index is 0.111. The third kappa shape index (κ3) is 14.1. The minimum atomic E-state index is -4.80. The number of rotatable bonds is 9. The first-order valence-electron chi connectivity index (χ1n) is 14.9. The number of ether oxygens (including phenoxy) is 2. The Balaban J connectivity index is 0.000000314. The molecule has 0 aliphatic heterocycles. The molecule has 300 valence electrons. The smallest absolute Gasteiger partial charge is 0.418 e. The molecule has 0 bridgehead atoms. The number of nitrogens with zero attached hydrogens (tertiary/aromatic N) is 1. The third-order valence-electron chi connectivity index (χ3n) is 6.81. The van der Waals surface area contributed by atoms with E-state index in [1.165, 1.54) is 43.5 Å². The summed E-state index contributed by atoms with van der Waals surface area (Å²) in [5.74, 6) is -2.68. The van der Waals surface area contributed by atoms with Crippen molar-refractivity contribution in [3.05, 3.63) is 130 Å². The van der Waals surface area contributed by atoms with Crippen molar-refractivity contribution in [3.63, 3.8) is 0 Å². The molecular formula is C34H31BrF8N2O8S2. The Morgan fingerprint density at radius 2 is 1.13 bits per heavy atom. The lowest BCUT2D eigenvalue weighted by atomic mass is 10.1. The first-order chi connectivity index (χ1) is 25.3. The van der Waals surface area contributed by atoms with Gasteiger partial charge in [0.05, 0.1) is 66.9 Å². The molecule has 0 atom stereocenters. The second-order valence-electron chi connectivity index (χ2n) is 10.9. The molecule has 0 saturated carbocycles. The highest BCUT2D eigenvalue weighted by Gasteiger charge is 2.37. The largest absolute Gasteiger partial charge is 0.465 e. The number of nitrogens with one attached hydrogen (secondary N) is 1. The summed E-state index contributed by atoms with van der Waals surface area (Å²) in [5, 5.41) is 0.431. The molecule has 4 aromatic rings. The molecule has 1 N–H and O–H groups in total. The van der Waals surface area contributed by atoms with Crippen molar-refractivity contribution in [1.82, 2.24) is 0 Å². The van der Waals surface area contributed by atoms with Crippen LogP contribution in [0.15, 0.2) is 84.9 Å². The number of sulfonamides is 2. The molecule has 0 aliphatic rings. The van der Waals surface area contributed by atoms with Crippen molar-refractivity contribution >= 4 is 59.3 Å². The third-order valence-corrected chi connectivity index (χ3v) is 9.13. The maximum absolute atomic E-state index is 14.3. The van der Waals surface area contributed by atoms with E-state index in [1.54, 1.807) is 6.07 Å². The lowest BCUT2D eigenvalue weighted by Gasteiger charge is -2.26. The number of benzene rings is 4. The summed E-state index contributed by atoms with van der Waals surface area (Å²) < 4.78 is 161. The van der Waals surface area contributed by atoms with E-state index in [1.807, 2.05) is 4.72 Å². The second kappa shape index (κ2) is 19.2. The fraction of sp³-hybridized carbons (Fsp3) is 0.235. The van der Waals surface area contributed by atoms with Crippen LogP contribution >= 0.6 is 15.9 Å². The van der Waals surface area contributed by atoms with E-state index in [9.17, 15) is 61.5 Å². The Labute approximate surface area is 319 Å². The quantitative estimate of drug-likeness (QED) is 0.101. The molecule has 55 heavy (non-hydrogen) atoms. The maximum Gasteiger partial charge on any atom is 0.418 e. The van der Waals surface area contributed by atoms with Crippen molar-refractivity contribution in [2.75, 3.05) is 35.8 Å². The van der Waals surface area contributed by atoms with Crippen LogP contribution in [0.5, 0.6) is 0 Å². The monoisotopic (exact) mass is 890 g/mol. The molecule has 4 rings (SSSR count). The van der Waals surface area contributed by atoms with E-state index in [2.05, 4.69) is 25.4 Å². The Morgan fingerprint density at radius 3 is 1.53 bits per heavy atom. The van der Waals surface area contributed by atoms with Crippen molar-refractivity contribution < 1.29 is 71.0 Å². The summed E-state index contributed by atoms with van der Waals surface area (Å²) in [5.41, 5.74) is -2.82. The fourth-order valence-corrected chi connectivity index (χ4v) is 6.23. The molecule has 0 radical (unpaired) electrons. The number of alkyl halides is 7. The number of halogens is 9. The predicted molar refractivity (Wildman–Crippen MR) is 190 cm³/mol. The zero-order valence-electron chi connectivity index (χ0n) is 28.9. The minimum Gasteiger partial charge on any atom is -0.465 e. The van der Waals surface area contributed by atoms with Gasteiger partial charge in [-0.3, -0.25) is 9.03 Å². The van der Waals surface area contributed by atoms with Crippen LogP contribution in [-0.4, -0.2) is 55.5 Å². The van der Waals surface area contributed by atoms with Crippen LogP contribution in [0.3, 0.4) is 0 Å². The highest BCUT2D eigenvalue weighted by Crippen LogP contribution is 2.38. The molecule has 0 amide bonds. The van der Waals surface area contributed by atoms with E-state index in [4.69, 9.17) is 0 Å². The van der Waals surface area contributed by atoms with Crippen LogP contribution < -0.4 is 9.03 Å². The first kappa shape index (κ1) is 46.4. The van der Waals surface area contributed by atoms with Crippen molar-refractivity contribution in [1.29, 1.82) is 0 Å². The molecule has 10 nitrogen and oxygen atoms in total. The fourth-order valence-electron chi connectivity index (χ4n) is 4.31. The number of anilines is 2. The lowest BCUT2D eigenvalue weighted by Crippen LogP contribution is -2.31. The van der Waals surface area contributed by atoms with Gasteiger partial charge in [-0.15, -0.1) is 0 Å². The summed E-state index contributed by atoms with van der Waals surface area (Å²) in [6.45, 7) is -0.681. The average Bonchev–Trinajstić information content (AvgIpc) is 3.09. The van der Waals surface area contributed by atoms with Crippen LogP contribution in [0.2, 0.25) is 0 Å². The summed E-state index contributed by atoms with van der Waals surface area (Å²) in [4.78, 5) is 22.4. The van der Waals surface area contributed by atoms with Gasteiger partial charge in [0.15, 0.2) is 0 Å². The molecule has 0 saturated heterocycles. The standard InChI is InChI=1S/C17H15F4NO4S.C9H8BrFO2.C8H8F3NO2S/c1-26-16(23)11-7-8-12(14(18)9-11)10-22(27(2,24)25)15-6-4-3-5-13(15)17(19,20)21;1-13-9(12)6-2-3-7(5-10)8(11)4-6;1-15(13,14)12-7-5-3-2-4-6(7)8(9,10)11/h3-9H,10H2,1-2H3;2-4H,5H2,1H3;2-5,12H,1H3. The van der Waals surface area contributed by atoms with Gasteiger partial charge in [-0.05, 0) is 54.1 Å². The number of esters is 2. The summed E-state index contributed by atoms with van der Waals surface area (Å²) in [6, 6.07) is 15.9. The van der Waals surface area contributed by atoms with E-state index < -0.39 is 85.0 Å². The highest BCUT2D eigenvalue weighted by atomic mass is 79.9. The van der Waals surface area contributed by atoms with Crippen molar-refractivity contribution in [3.8, 4) is 0 Å². The number of hydrogen-bond donors (Lipinski definition) is 1. The van der Waals surface area contributed by atoms with Gasteiger partial charge < -0.3 is 9.47 Å². The predicted octanol–water partition coefficient (Wildman–Crippen LogP) is 8.18. The molecule has 21 heteroatoms. The Hall–Kier alpha value is -4.76. The van der Waals surface area contributed by atoms with E-state index in [0.29, 0.717) is 15.2 Å². The van der Waals surface area contributed by atoms with Gasteiger partial charge in [0.25, 0.3) is 0 Å². The van der Waals surface area contributed by atoms with E-state index in [-0.39, 0.29) is 16.7 Å². The summed E-state index contributed by atoms with van der Waals surface area (Å²) in [6.07, 6.45) is -7.86. The zero-order valence-corrected chi connectivity index (χ0v) is 32.1. The van der Waals surface area contributed by atoms with E-state index >= 15 is 0 Å². The molecule has 0 fully saturated rings. The van der Waals surface area contributed by atoms with Gasteiger partial charge in [-0.25, -0.2) is 35.2 Å². The zero-order chi connectivity index (χ0) is 41.9. The Morgan fingerprint density at radius 1 is 0.691 bits per heavy atom. The number of carbonyl (C=O) groups excluding carboxylic acids is 2. The van der Waals surface area contributed by atoms with Crippen LogP contribution in [0.1, 0.15) is 43.0 Å². The Kier molecular flexibility index (Phi) is 16.2. The normalized spacial score (nSPS) is 11.6. The first-order valence-corrected chi connectivity index (χ1v) is 19.8. The molecular weight excluding hydrogens is 860 g/mol. The van der Waals surface area contributed by atoms with E-state index in [0.717, 1.165) is 62.1 Å². The molecule has 0 unspecified atom stereocenters.